The van der Waals surface area contributed by atoms with Crippen molar-refractivity contribution < 1.29 is 14.6 Å². The summed E-state index contributed by atoms with van der Waals surface area (Å²) in [4.78, 5) is 12.7. The van der Waals surface area contributed by atoms with Crippen molar-refractivity contribution in [2.75, 3.05) is 20.2 Å². The fourth-order valence-corrected chi connectivity index (χ4v) is 1.22. The Hall–Kier alpha value is -0.545. The molecule has 0 bridgehead atoms. The summed E-state index contributed by atoms with van der Waals surface area (Å²) >= 11 is 0. The highest BCUT2D eigenvalue weighted by Gasteiger charge is 2.11. The fourth-order valence-electron chi connectivity index (χ4n) is 1.22. The summed E-state index contributed by atoms with van der Waals surface area (Å²) in [5.74, 6) is -0.327. The van der Waals surface area contributed by atoms with Crippen LogP contribution in [0, 0.1) is 0 Å². The van der Waals surface area contributed by atoms with Crippen LogP contribution >= 0.6 is 0 Å². The molecule has 1 fully saturated rings. The highest BCUT2D eigenvalue weighted by atomic mass is 16.5. The predicted octanol–water partition coefficient (Wildman–Crippen LogP) is -0.171. The number of methoxy groups -OCH3 is 1. The summed E-state index contributed by atoms with van der Waals surface area (Å²) in [5, 5.41) is 9.16. The quantitative estimate of drug-likeness (QED) is 0.584. The van der Waals surface area contributed by atoms with E-state index in [4.69, 9.17) is 5.11 Å². The lowest BCUT2D eigenvalue weighted by atomic mass is 9.88. The van der Waals surface area contributed by atoms with Crippen molar-refractivity contribution in [1.82, 2.24) is 4.81 Å². The largest absolute Gasteiger partial charge is 0.529 e. The molecule has 1 heterocycles. The van der Waals surface area contributed by atoms with E-state index in [1.165, 1.54) is 14.5 Å². The topological polar surface area (TPSA) is 49.8 Å². The molecule has 1 rings (SSSR count). The highest BCUT2D eigenvalue weighted by molar-refractivity contribution is 6.69. The van der Waals surface area contributed by atoms with Crippen LogP contribution in [0.3, 0.4) is 0 Å². The third-order valence-corrected chi connectivity index (χ3v) is 1.99. The van der Waals surface area contributed by atoms with Crippen LogP contribution in [0.5, 0.6) is 0 Å². The molecule has 0 spiro atoms. The van der Waals surface area contributed by atoms with Crippen molar-refractivity contribution >= 4 is 13.3 Å². The average molecular weight is 170 g/mol. The van der Waals surface area contributed by atoms with Gasteiger partial charge in [-0.15, -0.1) is 0 Å². The van der Waals surface area contributed by atoms with Gasteiger partial charge in [0.1, 0.15) is 0 Å². The molecule has 0 unspecified atom stereocenters. The Labute approximate surface area is 72.8 Å². The molecule has 1 aliphatic heterocycles. The fraction of sp³-hybridized carbons (Fsp3) is 0.857. The minimum absolute atomic E-state index is 0.202. The van der Waals surface area contributed by atoms with Crippen molar-refractivity contribution in [3.63, 3.8) is 0 Å². The molecule has 0 aromatic rings. The van der Waals surface area contributed by atoms with Crippen LogP contribution in [0.15, 0.2) is 0 Å². The van der Waals surface area contributed by atoms with Gasteiger partial charge in [-0.1, -0.05) is 7.41 Å². The second-order valence-electron chi connectivity index (χ2n) is 2.92. The minimum Gasteiger partial charge on any atom is -0.529 e. The van der Waals surface area contributed by atoms with Crippen molar-refractivity contribution in [3.05, 3.63) is 0 Å². The molecule has 5 heteroatoms. The summed E-state index contributed by atoms with van der Waals surface area (Å²) in [6.45, 7) is 1.46. The summed E-state index contributed by atoms with van der Waals surface area (Å²) < 4.78 is 4.48. The Morgan fingerprint density at radius 2 is 2.17 bits per heavy atom. The molecule has 2 radical (unpaired) electrons. The predicted molar refractivity (Wildman–Crippen MR) is 45.0 cm³/mol. The summed E-state index contributed by atoms with van der Waals surface area (Å²) in [7, 11) is 2.81. The van der Waals surface area contributed by atoms with Gasteiger partial charge in [-0.2, -0.15) is 0 Å². The van der Waals surface area contributed by atoms with Gasteiger partial charge >= 0.3 is 0 Å². The molecule has 12 heavy (non-hydrogen) atoms. The maximum absolute atomic E-state index is 10.8. The monoisotopic (exact) mass is 170 g/mol. The van der Waals surface area contributed by atoms with Crippen molar-refractivity contribution in [2.45, 2.75) is 18.9 Å². The Balaban J connectivity index is 2.21. The van der Waals surface area contributed by atoms with E-state index in [0.29, 0.717) is 0 Å². The molecular weight excluding hydrogens is 157 g/mol. The van der Waals surface area contributed by atoms with E-state index >= 15 is 0 Å². The van der Waals surface area contributed by atoms with E-state index < -0.39 is 0 Å². The first kappa shape index (κ1) is 9.54. The SMILES string of the molecule is COC(=O)[B-]N1CCC(O)CC1. The van der Waals surface area contributed by atoms with Crippen molar-refractivity contribution in [1.29, 1.82) is 0 Å². The molecule has 0 aromatic carbocycles. The molecule has 0 saturated carbocycles. The maximum atomic E-state index is 10.8. The van der Waals surface area contributed by atoms with Crippen LogP contribution in [0.4, 0.5) is 4.79 Å². The summed E-state index contributed by atoms with van der Waals surface area (Å²) in [6, 6.07) is 0. The Bertz CT molecular complexity index is 157. The van der Waals surface area contributed by atoms with Crippen molar-refractivity contribution in [3.8, 4) is 0 Å². The lowest BCUT2D eigenvalue weighted by molar-refractivity contribution is 0.111. The van der Waals surface area contributed by atoms with Gasteiger partial charge in [0.2, 0.25) is 0 Å². The Morgan fingerprint density at radius 3 is 2.67 bits per heavy atom. The molecule has 1 saturated heterocycles. The first-order chi connectivity index (χ1) is 5.72. The molecule has 0 aromatic heterocycles. The van der Waals surface area contributed by atoms with Crippen LogP contribution in [0.25, 0.3) is 0 Å². The zero-order valence-corrected chi connectivity index (χ0v) is 7.19. The molecule has 1 aliphatic rings. The third kappa shape index (κ3) is 2.83. The van der Waals surface area contributed by atoms with E-state index in [2.05, 4.69) is 4.74 Å². The number of aliphatic hydroxyl groups is 1. The van der Waals surface area contributed by atoms with Gasteiger partial charge < -0.3 is 19.4 Å². The lowest BCUT2D eigenvalue weighted by Gasteiger charge is -2.39. The number of carbonyl (C=O) groups is 1. The summed E-state index contributed by atoms with van der Waals surface area (Å²) in [5.41, 5.74) is 0. The molecule has 0 amide bonds. The maximum Gasteiger partial charge on any atom is 0.0760 e. The van der Waals surface area contributed by atoms with E-state index in [1.54, 1.807) is 0 Å². The van der Waals surface area contributed by atoms with Crippen LogP contribution in [-0.2, 0) is 4.74 Å². The van der Waals surface area contributed by atoms with Crippen molar-refractivity contribution in [2.24, 2.45) is 0 Å². The lowest BCUT2D eigenvalue weighted by Crippen LogP contribution is -2.41. The number of piperidine rings is 1. The van der Waals surface area contributed by atoms with Gasteiger partial charge in [0.15, 0.2) is 0 Å². The van der Waals surface area contributed by atoms with Gasteiger partial charge in [0.05, 0.1) is 19.1 Å². The first-order valence-corrected chi connectivity index (χ1v) is 4.07. The van der Waals surface area contributed by atoms with E-state index in [9.17, 15) is 4.79 Å². The molecule has 68 valence electrons. The molecule has 1 N–H and O–H groups in total. The third-order valence-electron chi connectivity index (χ3n) is 1.99. The number of hydrogen-bond donors (Lipinski definition) is 1. The normalized spacial score (nSPS) is 20.8. The van der Waals surface area contributed by atoms with Crippen LogP contribution in [-0.4, -0.2) is 49.5 Å². The number of hydrogen-bond acceptors (Lipinski definition) is 4. The Morgan fingerprint density at radius 1 is 1.58 bits per heavy atom. The zero-order chi connectivity index (χ0) is 8.97. The van der Waals surface area contributed by atoms with E-state index in [1.807, 2.05) is 4.81 Å². The first-order valence-electron chi connectivity index (χ1n) is 4.07. The van der Waals surface area contributed by atoms with Crippen LogP contribution in [0.1, 0.15) is 12.8 Å². The standard InChI is InChI=1S/C7H13BNO3/c1-12-7(11)8-9-4-2-6(10)3-5-9/h6,10H,2-5H2,1H3/q-1. The molecular formula is C7H13BNO3-. The van der Waals surface area contributed by atoms with Gasteiger partial charge in [-0.05, 0) is 25.9 Å². The van der Waals surface area contributed by atoms with Crippen LogP contribution in [0.2, 0.25) is 0 Å². The van der Waals surface area contributed by atoms with Gasteiger partial charge in [0.25, 0.3) is 0 Å². The second kappa shape index (κ2) is 4.47. The van der Waals surface area contributed by atoms with E-state index in [0.717, 1.165) is 25.9 Å². The number of carbonyl (C=O) groups excluding carboxylic acids is 1. The highest BCUT2D eigenvalue weighted by Crippen LogP contribution is 2.08. The number of aliphatic hydroxyl groups excluding tert-OH is 1. The van der Waals surface area contributed by atoms with Gasteiger partial charge in [-0.3, -0.25) is 0 Å². The van der Waals surface area contributed by atoms with E-state index in [-0.39, 0.29) is 12.0 Å². The second-order valence-corrected chi connectivity index (χ2v) is 2.92. The summed E-state index contributed by atoms with van der Waals surface area (Å²) in [6.07, 6.45) is 1.26. The number of rotatable bonds is 2. The molecule has 4 nitrogen and oxygen atoms in total. The smallest absolute Gasteiger partial charge is 0.0760 e. The number of ether oxygens (including phenoxy) is 1. The van der Waals surface area contributed by atoms with Gasteiger partial charge in [-0.25, -0.2) is 0 Å². The van der Waals surface area contributed by atoms with Gasteiger partial charge in [0, 0.05) is 0 Å². The zero-order valence-electron chi connectivity index (χ0n) is 7.19. The molecule has 0 aliphatic carbocycles. The Kier molecular flexibility index (Phi) is 3.56. The average Bonchev–Trinajstić information content (AvgIpc) is 2.09. The molecule has 0 atom stereocenters. The van der Waals surface area contributed by atoms with Crippen LogP contribution < -0.4 is 0 Å². The minimum atomic E-state index is -0.327. The number of nitrogens with zero attached hydrogens (tertiary/aromatic N) is 1.